The average molecular weight is 395 g/mol. The Morgan fingerprint density at radius 2 is 1.85 bits per heavy atom. The van der Waals surface area contributed by atoms with Gasteiger partial charge in [-0.25, -0.2) is 13.1 Å². The van der Waals surface area contributed by atoms with Crippen LogP contribution in [0.1, 0.15) is 18.9 Å². The molecule has 140 valence electrons. The van der Waals surface area contributed by atoms with E-state index in [4.69, 9.17) is 11.6 Å². The molecule has 2 rings (SSSR count). The molecule has 5 nitrogen and oxygen atoms in total. The number of sulfonamides is 1. The van der Waals surface area contributed by atoms with Crippen molar-refractivity contribution in [1.82, 2.24) is 9.62 Å². The van der Waals surface area contributed by atoms with Crippen LogP contribution in [0.4, 0.5) is 0 Å². The first-order chi connectivity index (χ1) is 12.4. The van der Waals surface area contributed by atoms with Crippen molar-refractivity contribution in [2.75, 3.05) is 19.6 Å². The van der Waals surface area contributed by atoms with Gasteiger partial charge in [0.1, 0.15) is 0 Å². The summed E-state index contributed by atoms with van der Waals surface area (Å²) in [5.41, 5.74) is 1.17. The first-order valence-corrected chi connectivity index (χ1v) is 10.4. The van der Waals surface area contributed by atoms with Gasteiger partial charge >= 0.3 is 0 Å². The normalized spacial score (nSPS) is 11.3. The molecule has 0 bridgehead atoms. The molecule has 0 aromatic heterocycles. The molecule has 0 aliphatic heterocycles. The molecule has 7 heteroatoms. The Balaban J connectivity index is 1.84. The largest absolute Gasteiger partial charge is 0.343 e. The van der Waals surface area contributed by atoms with Crippen LogP contribution in [0, 0.1) is 0 Å². The minimum absolute atomic E-state index is 0.0511. The number of nitrogens with one attached hydrogen (secondary N) is 1. The van der Waals surface area contributed by atoms with Crippen molar-refractivity contribution in [3.8, 4) is 0 Å². The Morgan fingerprint density at radius 1 is 1.12 bits per heavy atom. The summed E-state index contributed by atoms with van der Waals surface area (Å²) in [5.74, 6) is -0.0720. The highest BCUT2D eigenvalue weighted by Gasteiger charge is 2.16. The fourth-order valence-corrected chi connectivity index (χ4v) is 3.87. The number of benzene rings is 2. The van der Waals surface area contributed by atoms with Gasteiger partial charge in [-0.2, -0.15) is 0 Å². The Kier molecular flexibility index (Phi) is 7.63. The fourth-order valence-electron chi connectivity index (χ4n) is 2.54. The maximum Gasteiger partial charge on any atom is 0.240 e. The number of carbonyl (C=O) groups excluding carboxylic acids is 1. The highest BCUT2D eigenvalue weighted by molar-refractivity contribution is 7.89. The maximum absolute atomic E-state index is 12.3. The first-order valence-electron chi connectivity index (χ1n) is 8.49. The van der Waals surface area contributed by atoms with Crippen LogP contribution in [0.3, 0.4) is 0 Å². The molecule has 2 aromatic carbocycles. The third kappa shape index (κ3) is 6.12. The fraction of sp³-hybridized carbons (Fsp3) is 0.316. The summed E-state index contributed by atoms with van der Waals surface area (Å²) < 4.78 is 26.9. The van der Waals surface area contributed by atoms with Crippen molar-refractivity contribution in [3.05, 3.63) is 65.2 Å². The highest BCUT2D eigenvalue weighted by Crippen LogP contribution is 2.15. The lowest BCUT2D eigenvalue weighted by atomic mass is 10.1. The zero-order valence-corrected chi connectivity index (χ0v) is 16.3. The summed E-state index contributed by atoms with van der Waals surface area (Å²) in [6.07, 6.45) is 0.886. The Morgan fingerprint density at radius 3 is 2.50 bits per heavy atom. The second kappa shape index (κ2) is 9.71. The van der Waals surface area contributed by atoms with E-state index in [0.717, 1.165) is 6.42 Å². The monoisotopic (exact) mass is 394 g/mol. The van der Waals surface area contributed by atoms with E-state index < -0.39 is 10.0 Å². The van der Waals surface area contributed by atoms with Gasteiger partial charge in [0, 0.05) is 31.1 Å². The standard InChI is InChI=1S/C19H23ClN2O3S/c1-2-22(14-12-16-7-4-3-5-8-16)19(23)11-13-21-26(24,25)18-10-6-9-17(20)15-18/h3-10,15,21H,2,11-14H2,1H3. The van der Waals surface area contributed by atoms with E-state index in [-0.39, 0.29) is 23.8 Å². The smallest absolute Gasteiger partial charge is 0.240 e. The van der Waals surface area contributed by atoms with Gasteiger partial charge in [-0.3, -0.25) is 4.79 Å². The number of halogens is 1. The number of hydrogen-bond donors (Lipinski definition) is 1. The van der Waals surface area contributed by atoms with Crippen LogP contribution in [-0.4, -0.2) is 38.9 Å². The van der Waals surface area contributed by atoms with E-state index in [2.05, 4.69) is 4.72 Å². The zero-order chi connectivity index (χ0) is 19.0. The summed E-state index contributed by atoms with van der Waals surface area (Å²) >= 11 is 5.83. The van der Waals surface area contributed by atoms with E-state index >= 15 is 0 Å². The first kappa shape index (κ1) is 20.4. The van der Waals surface area contributed by atoms with Crippen molar-refractivity contribution >= 4 is 27.5 Å². The minimum Gasteiger partial charge on any atom is -0.343 e. The quantitative estimate of drug-likeness (QED) is 0.710. The SMILES string of the molecule is CCN(CCc1ccccc1)C(=O)CCNS(=O)(=O)c1cccc(Cl)c1. The van der Waals surface area contributed by atoms with Crippen molar-refractivity contribution in [2.45, 2.75) is 24.7 Å². The Hall–Kier alpha value is -1.89. The summed E-state index contributed by atoms with van der Waals surface area (Å²) in [7, 11) is -3.67. The number of likely N-dealkylation sites (N-methyl/N-ethyl adjacent to an activating group) is 1. The average Bonchev–Trinajstić information content (AvgIpc) is 2.63. The van der Waals surface area contributed by atoms with Crippen LogP contribution in [0.15, 0.2) is 59.5 Å². The molecular weight excluding hydrogens is 372 g/mol. The second-order valence-electron chi connectivity index (χ2n) is 5.81. The Labute approximate surface area is 160 Å². The molecule has 1 amide bonds. The van der Waals surface area contributed by atoms with Crippen molar-refractivity contribution in [2.24, 2.45) is 0 Å². The van der Waals surface area contributed by atoms with Gasteiger partial charge in [0.25, 0.3) is 0 Å². The molecular formula is C19H23ClN2O3S. The summed E-state index contributed by atoms with van der Waals surface area (Å²) in [4.78, 5) is 14.2. The van der Waals surface area contributed by atoms with Crippen molar-refractivity contribution in [3.63, 3.8) is 0 Å². The topological polar surface area (TPSA) is 66.5 Å². The zero-order valence-electron chi connectivity index (χ0n) is 14.7. The second-order valence-corrected chi connectivity index (χ2v) is 8.02. The molecule has 0 fully saturated rings. The highest BCUT2D eigenvalue weighted by atomic mass is 35.5. The maximum atomic E-state index is 12.3. The van der Waals surface area contributed by atoms with E-state index in [9.17, 15) is 13.2 Å². The molecule has 0 saturated carbocycles. The minimum atomic E-state index is -3.67. The third-order valence-electron chi connectivity index (χ3n) is 3.98. The number of hydrogen-bond acceptors (Lipinski definition) is 3. The number of amides is 1. The van der Waals surface area contributed by atoms with E-state index in [0.29, 0.717) is 18.1 Å². The number of nitrogens with zero attached hydrogens (tertiary/aromatic N) is 1. The van der Waals surface area contributed by atoms with Gasteiger partial charge in [0.05, 0.1) is 4.90 Å². The van der Waals surface area contributed by atoms with Crippen molar-refractivity contribution in [1.29, 1.82) is 0 Å². The predicted octanol–water partition coefficient (Wildman–Crippen LogP) is 3.10. The molecule has 0 unspecified atom stereocenters. The molecule has 0 heterocycles. The summed E-state index contributed by atoms with van der Waals surface area (Å²) in [6.45, 7) is 3.17. The molecule has 0 atom stereocenters. The molecule has 2 aromatic rings. The molecule has 0 aliphatic rings. The van der Waals surface area contributed by atoms with E-state index in [1.165, 1.54) is 17.7 Å². The van der Waals surface area contributed by atoms with Crippen LogP contribution in [0.5, 0.6) is 0 Å². The van der Waals surface area contributed by atoms with E-state index in [1.807, 2.05) is 37.3 Å². The van der Waals surface area contributed by atoms with Gasteiger partial charge < -0.3 is 4.90 Å². The molecule has 26 heavy (non-hydrogen) atoms. The van der Waals surface area contributed by atoms with Gasteiger partial charge in [-0.15, -0.1) is 0 Å². The lowest BCUT2D eigenvalue weighted by Crippen LogP contribution is -2.35. The van der Waals surface area contributed by atoms with Crippen LogP contribution in [-0.2, 0) is 21.2 Å². The van der Waals surface area contributed by atoms with Crippen LogP contribution < -0.4 is 4.72 Å². The van der Waals surface area contributed by atoms with Gasteiger partial charge in [-0.05, 0) is 37.1 Å². The molecule has 0 radical (unpaired) electrons. The van der Waals surface area contributed by atoms with Gasteiger partial charge in [-0.1, -0.05) is 48.0 Å². The summed E-state index contributed by atoms with van der Waals surface area (Å²) in [6, 6.07) is 16.0. The van der Waals surface area contributed by atoms with Gasteiger partial charge in [0.2, 0.25) is 15.9 Å². The van der Waals surface area contributed by atoms with Crippen molar-refractivity contribution < 1.29 is 13.2 Å². The molecule has 0 saturated heterocycles. The lowest BCUT2D eigenvalue weighted by molar-refractivity contribution is -0.130. The molecule has 0 spiro atoms. The third-order valence-corrected chi connectivity index (χ3v) is 5.68. The molecule has 0 aliphatic carbocycles. The number of rotatable bonds is 9. The van der Waals surface area contributed by atoms with E-state index in [1.54, 1.807) is 17.0 Å². The number of carbonyl (C=O) groups is 1. The van der Waals surface area contributed by atoms with Gasteiger partial charge in [0.15, 0.2) is 0 Å². The van der Waals surface area contributed by atoms with Crippen LogP contribution in [0.25, 0.3) is 0 Å². The Bertz CT molecular complexity index is 826. The molecule has 1 N–H and O–H groups in total. The predicted molar refractivity (Wildman–Crippen MR) is 104 cm³/mol. The van der Waals surface area contributed by atoms with Crippen LogP contribution in [0.2, 0.25) is 5.02 Å². The van der Waals surface area contributed by atoms with Crippen LogP contribution >= 0.6 is 11.6 Å². The lowest BCUT2D eigenvalue weighted by Gasteiger charge is -2.21. The summed E-state index contributed by atoms with van der Waals surface area (Å²) in [5, 5.41) is 0.349.